The van der Waals surface area contributed by atoms with Crippen LogP contribution in [0.1, 0.15) is 57.5 Å². The number of aromatic nitrogens is 2. The number of nitrogens with one attached hydrogen (secondary N) is 1. The first kappa shape index (κ1) is 30.9. The van der Waals surface area contributed by atoms with Crippen LogP contribution in [0.2, 0.25) is 0 Å². The van der Waals surface area contributed by atoms with Crippen molar-refractivity contribution >= 4 is 40.0 Å². The zero-order valence-electron chi connectivity index (χ0n) is 26.6. The smallest absolute Gasteiger partial charge is 0.315 e. The van der Waals surface area contributed by atoms with Crippen molar-refractivity contribution in [3.05, 3.63) is 142 Å². The number of rotatable bonds is 11. The quantitative estimate of drug-likeness (QED) is 0.153. The van der Waals surface area contributed by atoms with Gasteiger partial charge in [-0.15, -0.1) is 0 Å². The number of hydrogen-bond acceptors (Lipinski definition) is 7. The highest BCUT2D eigenvalue weighted by Gasteiger charge is 2.24. The summed E-state index contributed by atoms with van der Waals surface area (Å²) in [5, 5.41) is 0.952. The van der Waals surface area contributed by atoms with Crippen LogP contribution >= 0.6 is 0 Å². The van der Waals surface area contributed by atoms with Gasteiger partial charge >= 0.3 is 17.9 Å². The summed E-state index contributed by atoms with van der Waals surface area (Å²) in [7, 11) is 0. The van der Waals surface area contributed by atoms with Gasteiger partial charge in [-0.3, -0.25) is 19.4 Å². The van der Waals surface area contributed by atoms with Crippen molar-refractivity contribution in [1.29, 1.82) is 0 Å². The summed E-state index contributed by atoms with van der Waals surface area (Å²) in [4.78, 5) is 47.1. The molecule has 2 aliphatic rings. The minimum absolute atomic E-state index is 0.0721. The number of aryl methyl sites for hydroxylation is 1. The van der Waals surface area contributed by atoms with Crippen LogP contribution in [0.4, 0.5) is 0 Å². The molecule has 0 radical (unpaired) electrons. The topological polar surface area (TPSA) is 108 Å². The molecule has 3 aromatic carbocycles. The maximum Gasteiger partial charge on any atom is 0.315 e. The standard InChI is InChI=1S/C40H34N2O6/c1-25-40(48-39(45)19-29-17-15-27-9-3-5-11-33(27)29)35(24-47-37(43)18-28-16-14-26-8-2-4-10-32(26)28)31(22-41-25)23-46-38(44)20-30-21-42-36-13-7-6-12-34(30)36/h2-13,16-17,21-22,42H,14-15,18-20,23-24H2,1H3. The number of carbonyl (C=O) groups is 3. The van der Waals surface area contributed by atoms with Gasteiger partial charge in [0.15, 0.2) is 5.75 Å². The highest BCUT2D eigenvalue weighted by Crippen LogP contribution is 2.33. The largest absolute Gasteiger partial charge is 0.460 e. The number of hydrogen-bond donors (Lipinski definition) is 1. The first-order valence-electron chi connectivity index (χ1n) is 16.0. The Labute approximate surface area is 278 Å². The molecule has 0 unspecified atom stereocenters. The summed E-state index contributed by atoms with van der Waals surface area (Å²) in [6.07, 6.45) is 9.26. The third-order valence-electron chi connectivity index (χ3n) is 8.93. The summed E-state index contributed by atoms with van der Waals surface area (Å²) >= 11 is 0. The minimum atomic E-state index is -0.461. The van der Waals surface area contributed by atoms with E-state index < -0.39 is 17.9 Å². The number of benzene rings is 3. The van der Waals surface area contributed by atoms with E-state index in [0.29, 0.717) is 16.8 Å². The van der Waals surface area contributed by atoms with Gasteiger partial charge in [0, 0.05) is 34.4 Å². The lowest BCUT2D eigenvalue weighted by atomic mass is 10.0. The zero-order valence-corrected chi connectivity index (χ0v) is 26.6. The number of pyridine rings is 1. The van der Waals surface area contributed by atoms with Gasteiger partial charge in [0.05, 0.1) is 25.0 Å². The second-order valence-electron chi connectivity index (χ2n) is 12.0. The molecule has 0 amide bonds. The Kier molecular flexibility index (Phi) is 8.71. The molecule has 0 saturated heterocycles. The Balaban J connectivity index is 1.09. The number of nitrogens with zero attached hydrogens (tertiary/aromatic N) is 1. The fourth-order valence-corrected chi connectivity index (χ4v) is 6.44. The summed E-state index contributed by atoms with van der Waals surface area (Å²) in [5.74, 6) is -1.10. The molecule has 8 nitrogen and oxygen atoms in total. The Hall–Kier alpha value is -5.76. The van der Waals surface area contributed by atoms with Crippen LogP contribution in [0.3, 0.4) is 0 Å². The van der Waals surface area contributed by atoms with Crippen LogP contribution in [0.5, 0.6) is 5.75 Å². The molecule has 240 valence electrons. The second-order valence-corrected chi connectivity index (χ2v) is 12.0. The predicted molar refractivity (Wildman–Crippen MR) is 182 cm³/mol. The van der Waals surface area contributed by atoms with E-state index in [9.17, 15) is 14.4 Å². The van der Waals surface area contributed by atoms with Crippen LogP contribution in [0.15, 0.2) is 97.3 Å². The van der Waals surface area contributed by atoms with Crippen LogP contribution in [-0.4, -0.2) is 27.9 Å². The van der Waals surface area contributed by atoms with Gasteiger partial charge < -0.3 is 19.2 Å². The molecule has 0 spiro atoms. The molecule has 0 fully saturated rings. The van der Waals surface area contributed by atoms with Crippen molar-refractivity contribution in [1.82, 2.24) is 9.97 Å². The zero-order chi connectivity index (χ0) is 33.0. The van der Waals surface area contributed by atoms with Gasteiger partial charge in [0.2, 0.25) is 0 Å². The molecular weight excluding hydrogens is 604 g/mol. The number of allylic oxidation sites excluding steroid dienone is 2. The van der Waals surface area contributed by atoms with Crippen LogP contribution < -0.4 is 4.74 Å². The Bertz CT molecular complexity index is 2120. The highest BCUT2D eigenvalue weighted by molar-refractivity contribution is 5.90. The van der Waals surface area contributed by atoms with E-state index in [2.05, 4.69) is 16.0 Å². The van der Waals surface area contributed by atoms with Gasteiger partial charge in [0.25, 0.3) is 0 Å². The third kappa shape index (κ3) is 6.55. The third-order valence-corrected chi connectivity index (χ3v) is 8.93. The normalized spacial score (nSPS) is 13.0. The first-order valence-corrected chi connectivity index (χ1v) is 16.0. The molecule has 48 heavy (non-hydrogen) atoms. The molecule has 0 saturated carbocycles. The van der Waals surface area contributed by atoms with E-state index in [0.717, 1.165) is 51.6 Å². The number of aromatic amines is 1. The van der Waals surface area contributed by atoms with Gasteiger partial charge in [-0.25, -0.2) is 0 Å². The number of para-hydroxylation sites is 1. The first-order chi connectivity index (χ1) is 23.4. The van der Waals surface area contributed by atoms with Crippen molar-refractivity contribution in [3.8, 4) is 5.75 Å². The van der Waals surface area contributed by atoms with Crippen LogP contribution in [0.25, 0.3) is 22.0 Å². The number of H-pyrrole nitrogens is 1. The SMILES string of the molecule is Cc1ncc(COC(=O)Cc2c[nH]c3ccccc23)c(COC(=O)CC2=CCc3ccccc32)c1OC(=O)CC1=CCc2ccccc21. The second kappa shape index (κ2) is 13.5. The molecule has 1 N–H and O–H groups in total. The predicted octanol–water partition coefficient (Wildman–Crippen LogP) is 7.17. The van der Waals surface area contributed by atoms with Crippen LogP contribution in [-0.2, 0) is 56.3 Å². The fraction of sp³-hybridized carbons (Fsp3) is 0.200. The average molecular weight is 639 g/mol. The fourth-order valence-electron chi connectivity index (χ4n) is 6.44. The average Bonchev–Trinajstić information content (AvgIpc) is 3.82. The van der Waals surface area contributed by atoms with Crippen molar-refractivity contribution in [3.63, 3.8) is 0 Å². The van der Waals surface area contributed by atoms with Gasteiger partial charge in [-0.1, -0.05) is 78.9 Å². The van der Waals surface area contributed by atoms with E-state index >= 15 is 0 Å². The van der Waals surface area contributed by atoms with E-state index in [1.54, 1.807) is 19.3 Å². The van der Waals surface area contributed by atoms with Gasteiger partial charge in [-0.05, 0) is 64.8 Å². The maximum absolute atomic E-state index is 13.3. The molecule has 2 aliphatic carbocycles. The van der Waals surface area contributed by atoms with Gasteiger partial charge in [0.1, 0.15) is 13.2 Å². The molecule has 0 atom stereocenters. The summed E-state index contributed by atoms with van der Waals surface area (Å²) < 4.78 is 17.4. The number of esters is 3. The molecule has 8 heteroatoms. The number of fused-ring (bicyclic) bond motifs is 3. The van der Waals surface area contributed by atoms with E-state index in [-0.39, 0.29) is 38.2 Å². The van der Waals surface area contributed by atoms with Gasteiger partial charge in [-0.2, -0.15) is 0 Å². The summed E-state index contributed by atoms with van der Waals surface area (Å²) in [6.45, 7) is 1.41. The molecule has 7 rings (SSSR count). The molecular formula is C40H34N2O6. The summed E-state index contributed by atoms with van der Waals surface area (Å²) in [5.41, 5.74) is 9.40. The highest BCUT2D eigenvalue weighted by atomic mass is 16.5. The van der Waals surface area contributed by atoms with Crippen LogP contribution in [0, 0.1) is 6.92 Å². The molecule has 2 heterocycles. The lowest BCUT2D eigenvalue weighted by Crippen LogP contribution is -2.16. The summed E-state index contributed by atoms with van der Waals surface area (Å²) in [6, 6.07) is 23.7. The van der Waals surface area contributed by atoms with Crippen molar-refractivity contribution in [2.45, 2.75) is 52.2 Å². The van der Waals surface area contributed by atoms with E-state index in [1.807, 2.05) is 78.9 Å². The Morgan fingerprint density at radius 3 is 2.04 bits per heavy atom. The lowest BCUT2D eigenvalue weighted by Gasteiger charge is -2.17. The van der Waals surface area contributed by atoms with E-state index in [1.165, 1.54) is 11.1 Å². The number of ether oxygens (including phenoxy) is 3. The molecule has 2 aromatic heterocycles. The molecule has 0 bridgehead atoms. The van der Waals surface area contributed by atoms with Crippen molar-refractivity contribution < 1.29 is 28.6 Å². The van der Waals surface area contributed by atoms with Crippen molar-refractivity contribution in [2.24, 2.45) is 0 Å². The Morgan fingerprint density at radius 1 is 0.708 bits per heavy atom. The molecule has 5 aromatic rings. The van der Waals surface area contributed by atoms with E-state index in [4.69, 9.17) is 14.2 Å². The maximum atomic E-state index is 13.3. The number of carbonyl (C=O) groups excluding carboxylic acids is 3. The Morgan fingerprint density at radius 2 is 1.31 bits per heavy atom. The molecule has 0 aliphatic heterocycles. The monoisotopic (exact) mass is 638 g/mol. The lowest BCUT2D eigenvalue weighted by molar-refractivity contribution is -0.145. The minimum Gasteiger partial charge on any atom is -0.460 e. The van der Waals surface area contributed by atoms with Crippen molar-refractivity contribution in [2.75, 3.05) is 0 Å².